The van der Waals surface area contributed by atoms with Crippen LogP contribution in [0.15, 0.2) is 43.0 Å². The van der Waals surface area contributed by atoms with Crippen molar-refractivity contribution in [2.24, 2.45) is 5.41 Å². The van der Waals surface area contributed by atoms with Crippen molar-refractivity contribution >= 4 is 59.3 Å². The highest BCUT2D eigenvalue weighted by atomic mass is 35.5. The molecule has 1 saturated heterocycles. The fourth-order valence-electron chi connectivity index (χ4n) is 4.72. The summed E-state index contributed by atoms with van der Waals surface area (Å²) in [6, 6.07) is 9.26. The Morgan fingerprint density at radius 3 is 2.70 bits per heavy atom. The van der Waals surface area contributed by atoms with Gasteiger partial charge in [0.2, 0.25) is 0 Å². The molecule has 18 heteroatoms. The number of benzene rings is 1. The van der Waals surface area contributed by atoms with Crippen LogP contribution < -0.4 is 16.1 Å². The number of amides is 1. The first kappa shape index (κ1) is 37.0. The summed E-state index contributed by atoms with van der Waals surface area (Å²) in [6.45, 7) is 7.15. The monoisotopic (exact) mass is 713 g/mol. The minimum Gasteiger partial charge on any atom is -0.450 e. The molecule has 5 atom stereocenters. The van der Waals surface area contributed by atoms with Crippen molar-refractivity contribution in [1.82, 2.24) is 29.9 Å². The quantitative estimate of drug-likeness (QED) is 0.0942. The molecule has 1 amide bonds. The van der Waals surface area contributed by atoms with Gasteiger partial charge < -0.3 is 25.6 Å². The van der Waals surface area contributed by atoms with Crippen LogP contribution in [0.3, 0.4) is 0 Å². The van der Waals surface area contributed by atoms with Crippen molar-refractivity contribution in [3.8, 4) is 0 Å². The zero-order valence-electron chi connectivity index (χ0n) is 26.6. The Labute approximate surface area is 282 Å². The summed E-state index contributed by atoms with van der Waals surface area (Å²) in [5, 5.41) is 16.5. The van der Waals surface area contributed by atoms with E-state index < -0.39 is 42.6 Å². The number of alkyl halides is 1. The third kappa shape index (κ3) is 9.42. The molecule has 5 N–H and O–H groups in total. The molecule has 1 aromatic carbocycles. The number of hydrogen-bond donors (Lipinski definition) is 4. The molecule has 4 rings (SSSR count). The lowest BCUT2D eigenvalue weighted by Crippen LogP contribution is -2.40. The molecule has 3 heterocycles. The van der Waals surface area contributed by atoms with E-state index in [0.29, 0.717) is 17.6 Å². The van der Waals surface area contributed by atoms with Crippen LogP contribution in [0.1, 0.15) is 45.9 Å². The van der Waals surface area contributed by atoms with Gasteiger partial charge in [0.25, 0.3) is 0 Å². The van der Waals surface area contributed by atoms with Crippen molar-refractivity contribution in [2.45, 2.75) is 64.0 Å². The van der Waals surface area contributed by atoms with E-state index in [1.54, 1.807) is 32.3 Å². The fraction of sp³-hybridized carbons (Fsp3) is 0.552. The smallest absolute Gasteiger partial charge is 0.407 e. The van der Waals surface area contributed by atoms with Crippen LogP contribution in [-0.2, 0) is 34.4 Å². The van der Waals surface area contributed by atoms with Gasteiger partial charge in [0.05, 0.1) is 26.1 Å². The van der Waals surface area contributed by atoms with E-state index in [4.69, 9.17) is 35.9 Å². The van der Waals surface area contributed by atoms with Gasteiger partial charge in [-0.3, -0.25) is 18.4 Å². The van der Waals surface area contributed by atoms with E-state index in [9.17, 15) is 19.3 Å². The van der Waals surface area contributed by atoms with E-state index in [1.165, 1.54) is 12.7 Å². The summed E-state index contributed by atoms with van der Waals surface area (Å²) in [7, 11) is -3.99. The SMILES string of the molecule is CCOC(=O)NCCC(C)(C)C(=O)SCCO[P@@](=O)(NCc1ccccc1)OC[C@H]1O[C@@H](n2cnc3c(N)ncnc32)[C@](C)(Cl)[C@@H]1O. The molecule has 1 aliphatic heterocycles. The normalized spacial score (nSPS) is 22.6. The minimum atomic E-state index is -3.99. The Balaban J connectivity index is 1.37. The third-order valence-corrected chi connectivity index (χ3v) is 10.7. The van der Waals surface area contributed by atoms with Crippen LogP contribution in [0.2, 0.25) is 0 Å². The predicted octanol–water partition coefficient (Wildman–Crippen LogP) is 4.02. The van der Waals surface area contributed by atoms with Gasteiger partial charge in [-0.1, -0.05) is 55.9 Å². The van der Waals surface area contributed by atoms with Crippen LogP contribution >= 0.6 is 31.1 Å². The zero-order valence-corrected chi connectivity index (χ0v) is 29.1. The number of rotatable bonds is 16. The molecule has 258 valence electrons. The maximum absolute atomic E-state index is 13.9. The molecule has 1 fully saturated rings. The molecular weight excluding hydrogens is 673 g/mol. The van der Waals surface area contributed by atoms with Crippen molar-refractivity contribution < 1.29 is 37.8 Å². The number of ether oxygens (including phenoxy) is 2. The van der Waals surface area contributed by atoms with Gasteiger partial charge in [-0.2, -0.15) is 0 Å². The number of aromatic nitrogens is 4. The molecule has 0 aliphatic carbocycles. The number of carbonyl (C=O) groups is 2. The molecule has 0 saturated carbocycles. The maximum atomic E-state index is 13.9. The molecule has 0 unspecified atom stereocenters. The summed E-state index contributed by atoms with van der Waals surface area (Å²) in [4.78, 5) is 35.5. The molecule has 15 nitrogen and oxygen atoms in total. The van der Waals surface area contributed by atoms with Gasteiger partial charge in [-0.25, -0.2) is 29.4 Å². The first-order valence-electron chi connectivity index (χ1n) is 15.0. The van der Waals surface area contributed by atoms with E-state index in [0.717, 1.165) is 17.3 Å². The van der Waals surface area contributed by atoms with Crippen LogP contribution in [0, 0.1) is 5.41 Å². The van der Waals surface area contributed by atoms with E-state index in [2.05, 4.69) is 25.4 Å². The number of nitrogens with zero attached hydrogens (tertiary/aromatic N) is 4. The number of imidazole rings is 1. The highest BCUT2D eigenvalue weighted by Gasteiger charge is 2.54. The highest BCUT2D eigenvalue weighted by Crippen LogP contribution is 2.48. The molecule has 3 aromatic rings. The highest BCUT2D eigenvalue weighted by molar-refractivity contribution is 8.13. The Hall–Kier alpha value is -2.82. The second-order valence-electron chi connectivity index (χ2n) is 11.6. The van der Waals surface area contributed by atoms with Crippen LogP contribution in [0.25, 0.3) is 11.2 Å². The lowest BCUT2D eigenvalue weighted by Gasteiger charge is -2.26. The molecule has 1 aliphatic rings. The second kappa shape index (κ2) is 16.1. The Kier molecular flexibility index (Phi) is 12.6. The largest absolute Gasteiger partial charge is 0.450 e. The van der Waals surface area contributed by atoms with Crippen LogP contribution in [0.5, 0.6) is 0 Å². The van der Waals surface area contributed by atoms with E-state index >= 15 is 0 Å². The Bertz CT molecular complexity index is 1560. The Morgan fingerprint density at radius 1 is 1.23 bits per heavy atom. The molecule has 2 aromatic heterocycles. The lowest BCUT2D eigenvalue weighted by atomic mass is 9.91. The van der Waals surface area contributed by atoms with Crippen molar-refractivity contribution in [1.29, 1.82) is 0 Å². The predicted molar refractivity (Wildman–Crippen MR) is 178 cm³/mol. The summed E-state index contributed by atoms with van der Waals surface area (Å²) in [5.74, 6) is 0.372. The third-order valence-electron chi connectivity index (χ3n) is 7.51. The van der Waals surface area contributed by atoms with Crippen molar-refractivity contribution in [2.75, 3.05) is 37.9 Å². The molecular formula is C29H41ClN7O8PS. The van der Waals surface area contributed by atoms with Gasteiger partial charge in [-0.05, 0) is 25.8 Å². The number of aliphatic hydroxyl groups excluding tert-OH is 1. The molecule has 47 heavy (non-hydrogen) atoms. The average molecular weight is 714 g/mol. The number of alkyl carbamates (subject to hydrolysis) is 1. The fourth-order valence-corrected chi connectivity index (χ4v) is 7.30. The van der Waals surface area contributed by atoms with E-state index in [-0.39, 0.29) is 49.6 Å². The van der Waals surface area contributed by atoms with Crippen molar-refractivity contribution in [3.63, 3.8) is 0 Å². The number of anilines is 1. The Morgan fingerprint density at radius 2 is 1.98 bits per heavy atom. The number of fused-ring (bicyclic) bond motifs is 1. The summed E-state index contributed by atoms with van der Waals surface area (Å²) in [6.07, 6.45) is -0.580. The standard InChI is InChI=1S/C29H41ClN7O8PS/c1-5-42-27(40)32-12-11-28(2,3)26(39)47-14-13-43-46(41,36-15-19-9-7-6-8-10-19)44-16-20-22(38)29(4,30)25(45-20)37-18-35-21-23(31)33-17-34-24(21)37/h6-10,17-18,20,22,25,38H,5,11-16H2,1-4H3,(H,32,40)(H,36,41)(H2,31,33,34)/t20-,22-,25-,29-,46+/m1/s1. The number of halogens is 1. The minimum absolute atomic E-state index is 0.0846. The number of nitrogens with two attached hydrogens (primary N) is 1. The van der Waals surface area contributed by atoms with Crippen LogP contribution in [-0.4, -0.2) is 85.0 Å². The lowest BCUT2D eigenvalue weighted by molar-refractivity contribution is -0.118. The number of carbonyl (C=O) groups excluding carboxylic acids is 2. The average Bonchev–Trinajstić information content (AvgIpc) is 3.56. The number of nitrogen functional groups attached to an aromatic ring is 1. The van der Waals surface area contributed by atoms with Gasteiger partial charge in [0.1, 0.15) is 28.9 Å². The van der Waals surface area contributed by atoms with Crippen LogP contribution in [0.4, 0.5) is 10.6 Å². The zero-order chi connectivity index (χ0) is 34.2. The first-order valence-corrected chi connectivity index (χ1v) is 17.9. The van der Waals surface area contributed by atoms with Gasteiger partial charge >= 0.3 is 13.8 Å². The van der Waals surface area contributed by atoms with Crippen molar-refractivity contribution in [3.05, 3.63) is 48.5 Å². The number of hydrogen-bond acceptors (Lipinski definition) is 13. The molecule has 0 bridgehead atoms. The maximum Gasteiger partial charge on any atom is 0.407 e. The number of nitrogens with one attached hydrogen (secondary N) is 2. The summed E-state index contributed by atoms with van der Waals surface area (Å²) < 4.78 is 38.0. The number of thioether (sulfide) groups is 1. The van der Waals surface area contributed by atoms with Gasteiger partial charge in [0, 0.05) is 24.3 Å². The number of aliphatic hydroxyl groups is 1. The first-order chi connectivity index (χ1) is 22.3. The molecule has 0 spiro atoms. The second-order valence-corrected chi connectivity index (χ2v) is 15.3. The molecule has 0 radical (unpaired) electrons. The van der Waals surface area contributed by atoms with E-state index in [1.807, 2.05) is 30.3 Å². The van der Waals surface area contributed by atoms with Gasteiger partial charge in [-0.15, -0.1) is 11.6 Å². The summed E-state index contributed by atoms with van der Waals surface area (Å²) in [5.41, 5.74) is 6.74. The topological polar surface area (TPSA) is 202 Å². The summed E-state index contributed by atoms with van der Waals surface area (Å²) >= 11 is 7.83. The van der Waals surface area contributed by atoms with Gasteiger partial charge in [0.15, 0.2) is 22.8 Å².